The Morgan fingerprint density at radius 3 is 2.40 bits per heavy atom. The first-order valence-electron chi connectivity index (χ1n) is 8.71. The third kappa shape index (κ3) is 2.56. The van der Waals surface area contributed by atoms with E-state index in [0.29, 0.717) is 6.54 Å². The molecule has 6 nitrogen and oxygen atoms in total. The number of imide groups is 1. The lowest BCUT2D eigenvalue weighted by Gasteiger charge is -2.28. The smallest absolute Gasteiger partial charge is 0.326 e. The Hall–Kier alpha value is -2.21. The van der Waals surface area contributed by atoms with Gasteiger partial charge in [-0.1, -0.05) is 29.8 Å². The minimum absolute atomic E-state index is 0.219. The van der Waals surface area contributed by atoms with Crippen LogP contribution in [0.3, 0.4) is 0 Å². The molecule has 0 saturated carbocycles. The van der Waals surface area contributed by atoms with Crippen molar-refractivity contribution < 1.29 is 19.1 Å². The molecule has 1 aromatic rings. The summed E-state index contributed by atoms with van der Waals surface area (Å²) >= 11 is 0. The number of aryl methyl sites for hydroxylation is 1. The van der Waals surface area contributed by atoms with E-state index in [1.54, 1.807) is 20.8 Å². The van der Waals surface area contributed by atoms with Crippen molar-refractivity contribution in [3.63, 3.8) is 0 Å². The highest BCUT2D eigenvalue weighted by molar-refractivity contribution is 6.09. The molecule has 0 radical (unpaired) electrons. The van der Waals surface area contributed by atoms with E-state index in [9.17, 15) is 14.4 Å². The summed E-state index contributed by atoms with van der Waals surface area (Å²) in [6.07, 6.45) is 0. The van der Waals surface area contributed by atoms with Crippen LogP contribution in [0.4, 0.5) is 0 Å². The predicted octanol–water partition coefficient (Wildman–Crippen LogP) is 1.58. The first kappa shape index (κ1) is 17.6. The Balaban J connectivity index is 2.07. The number of ether oxygens (including phenoxy) is 1. The van der Waals surface area contributed by atoms with Gasteiger partial charge < -0.3 is 4.74 Å². The molecule has 2 saturated heterocycles. The van der Waals surface area contributed by atoms with Gasteiger partial charge in [-0.2, -0.15) is 0 Å². The van der Waals surface area contributed by atoms with E-state index in [1.165, 1.54) is 4.90 Å². The summed E-state index contributed by atoms with van der Waals surface area (Å²) in [5, 5.41) is 3.25. The second-order valence-corrected chi connectivity index (χ2v) is 6.88. The molecule has 1 aromatic carbocycles. The van der Waals surface area contributed by atoms with Crippen LogP contribution in [0.15, 0.2) is 24.3 Å². The molecule has 0 aliphatic carbocycles. The quantitative estimate of drug-likeness (QED) is 0.663. The fraction of sp³-hybridized carbons (Fsp3) is 0.526. The monoisotopic (exact) mass is 344 g/mol. The molecule has 2 fully saturated rings. The number of hydrogen-bond donors (Lipinski definition) is 1. The molecule has 2 aliphatic heterocycles. The van der Waals surface area contributed by atoms with Crippen LogP contribution in [0, 0.1) is 18.8 Å². The summed E-state index contributed by atoms with van der Waals surface area (Å²) in [4.78, 5) is 39.6. The number of rotatable bonds is 4. The van der Waals surface area contributed by atoms with Gasteiger partial charge in [0.15, 0.2) is 0 Å². The highest BCUT2D eigenvalue weighted by Gasteiger charge is 2.66. The molecule has 3 rings (SSSR count). The number of esters is 1. The summed E-state index contributed by atoms with van der Waals surface area (Å²) < 4.78 is 5.21. The summed E-state index contributed by atoms with van der Waals surface area (Å²) in [7, 11) is 0. The zero-order chi connectivity index (χ0) is 18.4. The molecule has 0 aromatic heterocycles. The minimum Gasteiger partial charge on any atom is -0.465 e. The van der Waals surface area contributed by atoms with Crippen molar-refractivity contribution in [1.82, 2.24) is 10.2 Å². The number of likely N-dealkylation sites (tertiary alicyclic amines) is 1. The lowest BCUT2D eigenvalue weighted by Crippen LogP contribution is -2.54. The topological polar surface area (TPSA) is 75.7 Å². The molecule has 0 unspecified atom stereocenters. The second-order valence-electron chi connectivity index (χ2n) is 6.88. The Morgan fingerprint density at radius 2 is 1.84 bits per heavy atom. The second kappa shape index (κ2) is 6.26. The van der Waals surface area contributed by atoms with Crippen molar-refractivity contribution in [3.05, 3.63) is 35.4 Å². The molecular formula is C19H24N2O4. The lowest BCUT2D eigenvalue weighted by molar-refractivity contribution is -0.155. The molecule has 0 spiro atoms. The Kier molecular flexibility index (Phi) is 4.41. The van der Waals surface area contributed by atoms with Crippen molar-refractivity contribution in [3.8, 4) is 0 Å². The molecule has 1 N–H and O–H groups in total. The van der Waals surface area contributed by atoms with Gasteiger partial charge in [0, 0.05) is 12.6 Å². The molecule has 6 heteroatoms. The zero-order valence-electron chi connectivity index (χ0n) is 15.0. The van der Waals surface area contributed by atoms with Crippen LogP contribution in [0.25, 0.3) is 0 Å². The van der Waals surface area contributed by atoms with Gasteiger partial charge in [0.05, 0.1) is 18.4 Å². The van der Waals surface area contributed by atoms with Gasteiger partial charge in [0.25, 0.3) is 0 Å². The number of amides is 2. The standard InChI is InChI=1S/C19H24N2O4/c1-5-21-16(22)13-14(17(21)23)19(4,18(24)25-6-2)20-15(13)12-9-7-11(3)8-10-12/h7-10,13-15,20H,5-6H2,1-4H3/t13-,14-,15-,19+/m0/s1. The van der Waals surface area contributed by atoms with Crippen molar-refractivity contribution >= 4 is 17.8 Å². The van der Waals surface area contributed by atoms with Crippen LogP contribution < -0.4 is 5.32 Å². The number of hydrogen-bond acceptors (Lipinski definition) is 5. The van der Waals surface area contributed by atoms with Crippen molar-refractivity contribution in [2.45, 2.75) is 39.3 Å². The van der Waals surface area contributed by atoms with Gasteiger partial charge in [-0.3, -0.25) is 24.6 Å². The maximum atomic E-state index is 12.9. The number of nitrogens with zero attached hydrogens (tertiary/aromatic N) is 1. The van der Waals surface area contributed by atoms with Crippen molar-refractivity contribution in [1.29, 1.82) is 0 Å². The number of nitrogens with one attached hydrogen (secondary N) is 1. The lowest BCUT2D eigenvalue weighted by atomic mass is 9.80. The van der Waals surface area contributed by atoms with E-state index in [1.807, 2.05) is 31.2 Å². The fourth-order valence-corrected chi connectivity index (χ4v) is 4.04. The van der Waals surface area contributed by atoms with E-state index in [-0.39, 0.29) is 18.4 Å². The van der Waals surface area contributed by atoms with E-state index in [4.69, 9.17) is 4.74 Å². The third-order valence-electron chi connectivity index (χ3n) is 5.33. The number of carbonyl (C=O) groups excluding carboxylic acids is 3. The molecule has 2 amide bonds. The summed E-state index contributed by atoms with van der Waals surface area (Å²) in [5.74, 6) is -2.34. The molecular weight excluding hydrogens is 320 g/mol. The number of benzene rings is 1. The SMILES string of the molecule is CCOC(=O)[C@]1(C)N[C@@H](c2ccc(C)cc2)[C@H]2C(=O)N(CC)C(=O)[C@H]21. The molecule has 0 bridgehead atoms. The fourth-order valence-electron chi connectivity index (χ4n) is 4.04. The van der Waals surface area contributed by atoms with Crippen LogP contribution in [0.1, 0.15) is 37.9 Å². The van der Waals surface area contributed by atoms with Gasteiger partial charge in [-0.25, -0.2) is 0 Å². The first-order valence-corrected chi connectivity index (χ1v) is 8.71. The highest BCUT2D eigenvalue weighted by Crippen LogP contribution is 2.48. The summed E-state index contributed by atoms with van der Waals surface area (Å²) in [6, 6.07) is 7.41. The number of fused-ring (bicyclic) bond motifs is 1. The van der Waals surface area contributed by atoms with E-state index in [2.05, 4.69) is 5.32 Å². The number of carbonyl (C=O) groups is 3. The zero-order valence-corrected chi connectivity index (χ0v) is 15.0. The molecule has 2 aliphatic rings. The van der Waals surface area contributed by atoms with E-state index < -0.39 is 29.4 Å². The first-order chi connectivity index (χ1) is 11.8. The molecule has 134 valence electrons. The van der Waals surface area contributed by atoms with Gasteiger partial charge in [0.2, 0.25) is 11.8 Å². The van der Waals surface area contributed by atoms with Crippen LogP contribution in [-0.2, 0) is 19.1 Å². The Bertz CT molecular complexity index is 715. The maximum Gasteiger partial charge on any atom is 0.326 e. The average molecular weight is 344 g/mol. The highest BCUT2D eigenvalue weighted by atomic mass is 16.5. The van der Waals surface area contributed by atoms with Crippen LogP contribution in [-0.4, -0.2) is 41.4 Å². The summed E-state index contributed by atoms with van der Waals surface area (Å²) in [5.41, 5.74) is 0.788. The maximum absolute atomic E-state index is 12.9. The largest absolute Gasteiger partial charge is 0.465 e. The van der Waals surface area contributed by atoms with Gasteiger partial charge in [0.1, 0.15) is 5.54 Å². The summed E-state index contributed by atoms with van der Waals surface area (Å²) in [6.45, 7) is 7.69. The van der Waals surface area contributed by atoms with Gasteiger partial charge in [-0.15, -0.1) is 0 Å². The molecule has 25 heavy (non-hydrogen) atoms. The van der Waals surface area contributed by atoms with Gasteiger partial charge in [-0.05, 0) is 33.3 Å². The van der Waals surface area contributed by atoms with Crippen LogP contribution >= 0.6 is 0 Å². The molecule has 4 atom stereocenters. The van der Waals surface area contributed by atoms with E-state index in [0.717, 1.165) is 11.1 Å². The Labute approximate surface area is 147 Å². The van der Waals surface area contributed by atoms with E-state index >= 15 is 0 Å². The molecule has 2 heterocycles. The van der Waals surface area contributed by atoms with Crippen LogP contribution in [0.5, 0.6) is 0 Å². The predicted molar refractivity (Wildman–Crippen MR) is 91.5 cm³/mol. The normalized spacial score (nSPS) is 31.4. The third-order valence-corrected chi connectivity index (χ3v) is 5.33. The van der Waals surface area contributed by atoms with Crippen LogP contribution in [0.2, 0.25) is 0 Å². The Morgan fingerprint density at radius 1 is 1.20 bits per heavy atom. The minimum atomic E-state index is -1.22. The van der Waals surface area contributed by atoms with Crippen molar-refractivity contribution in [2.24, 2.45) is 11.8 Å². The van der Waals surface area contributed by atoms with Gasteiger partial charge >= 0.3 is 5.97 Å². The average Bonchev–Trinajstić information content (AvgIpc) is 3.03. The van der Waals surface area contributed by atoms with Crippen molar-refractivity contribution in [2.75, 3.05) is 13.2 Å².